The fourth-order valence-electron chi connectivity index (χ4n) is 1.52. The summed E-state index contributed by atoms with van der Waals surface area (Å²) in [6.07, 6.45) is 0. The van der Waals surface area contributed by atoms with E-state index in [4.69, 9.17) is 17.0 Å². The molecule has 0 aromatic heterocycles. The van der Waals surface area contributed by atoms with Gasteiger partial charge in [-0.05, 0) is 43.8 Å². The third kappa shape index (κ3) is 6.38. The van der Waals surface area contributed by atoms with Crippen molar-refractivity contribution in [3.8, 4) is 5.75 Å². The Morgan fingerprint density at radius 3 is 2.45 bits per heavy atom. The zero-order valence-electron chi connectivity index (χ0n) is 12.0. The number of methoxy groups -OCH3 is 1. The Morgan fingerprint density at radius 1 is 1.25 bits per heavy atom. The van der Waals surface area contributed by atoms with E-state index < -0.39 is 0 Å². The number of rotatable bonds is 6. The van der Waals surface area contributed by atoms with E-state index >= 15 is 0 Å². The first-order valence-electron chi connectivity index (χ1n) is 6.45. The Kier molecular flexibility index (Phi) is 6.79. The van der Waals surface area contributed by atoms with Gasteiger partial charge in [0.25, 0.3) is 0 Å². The van der Waals surface area contributed by atoms with Crippen molar-refractivity contribution in [3.63, 3.8) is 0 Å². The highest BCUT2D eigenvalue weighted by Crippen LogP contribution is 2.10. The van der Waals surface area contributed by atoms with Gasteiger partial charge in [-0.3, -0.25) is 4.79 Å². The highest BCUT2D eigenvalue weighted by Gasteiger charge is 2.04. The predicted octanol–water partition coefficient (Wildman–Crippen LogP) is 1.18. The van der Waals surface area contributed by atoms with E-state index in [9.17, 15) is 4.79 Å². The SMILES string of the molecule is COc1ccc(CNC(=S)NCC(=O)NC(C)C)cc1. The molecular formula is C14H21N3O2S. The van der Waals surface area contributed by atoms with Crippen molar-refractivity contribution in [2.75, 3.05) is 13.7 Å². The molecule has 110 valence electrons. The summed E-state index contributed by atoms with van der Waals surface area (Å²) in [5.74, 6) is 0.744. The molecule has 0 saturated heterocycles. The van der Waals surface area contributed by atoms with Crippen LogP contribution in [0.15, 0.2) is 24.3 Å². The monoisotopic (exact) mass is 295 g/mol. The number of carbonyl (C=O) groups excluding carboxylic acids is 1. The fourth-order valence-corrected chi connectivity index (χ4v) is 1.67. The van der Waals surface area contributed by atoms with Crippen LogP contribution in [0.5, 0.6) is 5.75 Å². The molecular weight excluding hydrogens is 274 g/mol. The molecule has 0 unspecified atom stereocenters. The Morgan fingerprint density at radius 2 is 1.90 bits per heavy atom. The number of hydrogen-bond acceptors (Lipinski definition) is 3. The Labute approximate surface area is 125 Å². The van der Waals surface area contributed by atoms with Gasteiger partial charge in [0.05, 0.1) is 13.7 Å². The summed E-state index contributed by atoms with van der Waals surface area (Å²) in [5.41, 5.74) is 1.08. The van der Waals surface area contributed by atoms with Crippen LogP contribution in [0.4, 0.5) is 0 Å². The number of carbonyl (C=O) groups is 1. The van der Waals surface area contributed by atoms with Gasteiger partial charge in [-0.15, -0.1) is 0 Å². The molecule has 0 heterocycles. The van der Waals surface area contributed by atoms with Gasteiger partial charge < -0.3 is 20.7 Å². The molecule has 1 aromatic carbocycles. The zero-order chi connectivity index (χ0) is 15.0. The standard InChI is InChI=1S/C14H21N3O2S/c1-10(2)17-13(18)9-16-14(20)15-8-11-4-6-12(19-3)7-5-11/h4-7,10H,8-9H2,1-3H3,(H,17,18)(H2,15,16,20). The van der Waals surface area contributed by atoms with Gasteiger partial charge in [-0.1, -0.05) is 12.1 Å². The van der Waals surface area contributed by atoms with Crippen molar-refractivity contribution in [2.45, 2.75) is 26.4 Å². The summed E-state index contributed by atoms with van der Waals surface area (Å²) < 4.78 is 5.09. The number of benzene rings is 1. The van der Waals surface area contributed by atoms with E-state index in [1.54, 1.807) is 7.11 Å². The van der Waals surface area contributed by atoms with Gasteiger partial charge in [0.1, 0.15) is 5.75 Å². The maximum atomic E-state index is 11.4. The van der Waals surface area contributed by atoms with E-state index in [1.807, 2.05) is 38.1 Å². The van der Waals surface area contributed by atoms with Crippen molar-refractivity contribution < 1.29 is 9.53 Å². The van der Waals surface area contributed by atoms with Crippen LogP contribution < -0.4 is 20.7 Å². The number of nitrogens with one attached hydrogen (secondary N) is 3. The molecule has 3 N–H and O–H groups in total. The second-order valence-corrected chi connectivity index (χ2v) is 5.01. The van der Waals surface area contributed by atoms with Crippen molar-refractivity contribution in [1.82, 2.24) is 16.0 Å². The molecule has 1 aromatic rings. The molecule has 0 spiro atoms. The molecule has 0 aliphatic rings. The van der Waals surface area contributed by atoms with Crippen molar-refractivity contribution in [2.24, 2.45) is 0 Å². The largest absolute Gasteiger partial charge is 0.497 e. The molecule has 1 rings (SSSR count). The number of ether oxygens (including phenoxy) is 1. The molecule has 6 heteroatoms. The summed E-state index contributed by atoms with van der Waals surface area (Å²) >= 11 is 5.11. The van der Waals surface area contributed by atoms with Crippen LogP contribution in [0.3, 0.4) is 0 Å². The van der Waals surface area contributed by atoms with Crippen molar-refractivity contribution in [1.29, 1.82) is 0 Å². The topological polar surface area (TPSA) is 62.4 Å². The highest BCUT2D eigenvalue weighted by atomic mass is 32.1. The third-order valence-corrected chi connectivity index (χ3v) is 2.76. The molecule has 5 nitrogen and oxygen atoms in total. The smallest absolute Gasteiger partial charge is 0.239 e. The minimum Gasteiger partial charge on any atom is -0.497 e. The van der Waals surface area contributed by atoms with Crippen LogP contribution in [0.1, 0.15) is 19.4 Å². The zero-order valence-corrected chi connectivity index (χ0v) is 12.8. The molecule has 0 atom stereocenters. The third-order valence-electron chi connectivity index (χ3n) is 2.47. The predicted molar refractivity (Wildman–Crippen MR) is 83.7 cm³/mol. The average molecular weight is 295 g/mol. The quantitative estimate of drug-likeness (QED) is 0.688. The summed E-state index contributed by atoms with van der Waals surface area (Å²) in [5, 5.41) is 9.15. The van der Waals surface area contributed by atoms with Gasteiger partial charge in [-0.25, -0.2) is 0 Å². The first-order valence-corrected chi connectivity index (χ1v) is 6.86. The summed E-state index contributed by atoms with van der Waals surface area (Å²) in [6.45, 7) is 4.60. The lowest BCUT2D eigenvalue weighted by Gasteiger charge is -2.12. The first kappa shape index (κ1) is 16.2. The van der Waals surface area contributed by atoms with E-state index in [0.29, 0.717) is 11.7 Å². The van der Waals surface area contributed by atoms with Crippen LogP contribution in [-0.2, 0) is 11.3 Å². The molecule has 20 heavy (non-hydrogen) atoms. The van der Waals surface area contributed by atoms with Gasteiger partial charge in [0, 0.05) is 12.6 Å². The second kappa shape index (κ2) is 8.37. The van der Waals surface area contributed by atoms with Crippen LogP contribution in [0.2, 0.25) is 0 Å². The molecule has 0 aliphatic heterocycles. The van der Waals surface area contributed by atoms with Crippen LogP contribution in [0.25, 0.3) is 0 Å². The lowest BCUT2D eigenvalue weighted by atomic mass is 10.2. The number of hydrogen-bond donors (Lipinski definition) is 3. The first-order chi connectivity index (χ1) is 9.51. The van der Waals surface area contributed by atoms with Crippen molar-refractivity contribution >= 4 is 23.2 Å². The molecule has 0 bridgehead atoms. The Hall–Kier alpha value is -1.82. The van der Waals surface area contributed by atoms with E-state index in [-0.39, 0.29) is 18.5 Å². The van der Waals surface area contributed by atoms with Gasteiger partial charge in [0.15, 0.2) is 5.11 Å². The molecule has 0 radical (unpaired) electrons. The second-order valence-electron chi connectivity index (χ2n) is 4.61. The fraction of sp³-hybridized carbons (Fsp3) is 0.429. The van der Waals surface area contributed by atoms with Gasteiger partial charge in [0.2, 0.25) is 5.91 Å². The number of thiocarbonyl (C=S) groups is 1. The van der Waals surface area contributed by atoms with Crippen molar-refractivity contribution in [3.05, 3.63) is 29.8 Å². The van der Waals surface area contributed by atoms with Gasteiger partial charge >= 0.3 is 0 Å². The molecule has 0 aliphatic carbocycles. The lowest BCUT2D eigenvalue weighted by Crippen LogP contribution is -2.43. The Bertz CT molecular complexity index is 446. The lowest BCUT2D eigenvalue weighted by molar-refractivity contribution is -0.120. The minimum atomic E-state index is -0.0754. The average Bonchev–Trinajstić information content (AvgIpc) is 2.42. The van der Waals surface area contributed by atoms with Gasteiger partial charge in [-0.2, -0.15) is 0 Å². The van der Waals surface area contributed by atoms with E-state index in [1.165, 1.54) is 0 Å². The molecule has 0 fully saturated rings. The van der Waals surface area contributed by atoms with Crippen LogP contribution >= 0.6 is 12.2 Å². The minimum absolute atomic E-state index is 0.0754. The maximum absolute atomic E-state index is 11.4. The van der Waals surface area contributed by atoms with Crippen LogP contribution in [-0.4, -0.2) is 30.7 Å². The highest BCUT2D eigenvalue weighted by molar-refractivity contribution is 7.80. The van der Waals surface area contributed by atoms with E-state index in [0.717, 1.165) is 11.3 Å². The number of amides is 1. The summed E-state index contributed by atoms with van der Waals surface area (Å²) in [7, 11) is 1.63. The summed E-state index contributed by atoms with van der Waals surface area (Å²) in [4.78, 5) is 11.4. The molecule has 1 amide bonds. The summed E-state index contributed by atoms with van der Waals surface area (Å²) in [6, 6.07) is 7.83. The maximum Gasteiger partial charge on any atom is 0.239 e. The van der Waals surface area contributed by atoms with E-state index in [2.05, 4.69) is 16.0 Å². The molecule has 0 saturated carbocycles. The normalized spacial score (nSPS) is 10.0. The Balaban J connectivity index is 2.27. The van der Waals surface area contributed by atoms with Crippen LogP contribution in [0, 0.1) is 0 Å².